The van der Waals surface area contributed by atoms with Gasteiger partial charge in [-0.05, 0) is 40.8 Å². The topological polar surface area (TPSA) is 132 Å². The first kappa shape index (κ1) is 31.2. The van der Waals surface area contributed by atoms with Gasteiger partial charge < -0.3 is 25.5 Å². The summed E-state index contributed by atoms with van der Waals surface area (Å²) in [7, 11) is 0. The highest BCUT2D eigenvalue weighted by atomic mass is 16.4. The summed E-state index contributed by atoms with van der Waals surface area (Å²) in [6.07, 6.45) is 3.42. The standard InChI is InChI=1S/C33H39N5O5/c1-33(2,3)21-30(40)38-16-14-37(15-17-38)28-12-11-24(19-27(28)35-29(39)18-23-8-5-4-6-9-23)32(43)36-26(20-31(41)42)25-10-7-13-34-22-25/h4-13,19,22,26H,14-18,20-21H2,1-3H3,(H,35,39)(H,36,43)(H,41,42). The van der Waals surface area contributed by atoms with Crippen LogP contribution in [0.4, 0.5) is 11.4 Å². The van der Waals surface area contributed by atoms with Crippen LogP contribution in [0.3, 0.4) is 0 Å². The predicted octanol–water partition coefficient (Wildman–Crippen LogP) is 4.29. The molecule has 0 spiro atoms. The number of pyridine rings is 1. The fourth-order valence-electron chi connectivity index (χ4n) is 5.04. The predicted molar refractivity (Wildman–Crippen MR) is 165 cm³/mol. The van der Waals surface area contributed by atoms with Gasteiger partial charge in [-0.2, -0.15) is 0 Å². The lowest BCUT2D eigenvalue weighted by Crippen LogP contribution is -2.49. The van der Waals surface area contributed by atoms with Crippen molar-refractivity contribution in [3.8, 4) is 0 Å². The molecule has 3 aromatic rings. The van der Waals surface area contributed by atoms with Crippen LogP contribution in [-0.4, -0.2) is 64.9 Å². The molecule has 0 saturated carbocycles. The van der Waals surface area contributed by atoms with Crippen LogP contribution in [-0.2, 0) is 20.8 Å². The Balaban J connectivity index is 1.55. The molecule has 3 amide bonds. The van der Waals surface area contributed by atoms with Crippen LogP contribution in [0.2, 0.25) is 0 Å². The summed E-state index contributed by atoms with van der Waals surface area (Å²) in [6.45, 7) is 8.39. The van der Waals surface area contributed by atoms with E-state index in [1.165, 1.54) is 6.20 Å². The number of nitrogens with zero attached hydrogens (tertiary/aromatic N) is 3. The largest absolute Gasteiger partial charge is 0.481 e. The fourth-order valence-corrected chi connectivity index (χ4v) is 5.04. The monoisotopic (exact) mass is 585 g/mol. The molecule has 1 fully saturated rings. The van der Waals surface area contributed by atoms with Gasteiger partial charge in [0, 0.05) is 50.6 Å². The third-order valence-electron chi connectivity index (χ3n) is 7.17. The highest BCUT2D eigenvalue weighted by molar-refractivity contribution is 6.00. The summed E-state index contributed by atoms with van der Waals surface area (Å²) in [5.41, 5.74) is 2.83. The number of carboxylic acid groups (broad SMARTS) is 1. The fraction of sp³-hybridized carbons (Fsp3) is 0.364. The number of carbonyl (C=O) groups is 4. The Labute approximate surface area is 252 Å². The highest BCUT2D eigenvalue weighted by Crippen LogP contribution is 2.30. The number of nitrogens with one attached hydrogen (secondary N) is 2. The van der Waals surface area contributed by atoms with Crippen molar-refractivity contribution in [2.45, 2.75) is 46.1 Å². The van der Waals surface area contributed by atoms with E-state index in [0.717, 1.165) is 11.3 Å². The molecule has 0 radical (unpaired) electrons. The Morgan fingerprint density at radius 1 is 0.953 bits per heavy atom. The number of aromatic nitrogens is 1. The molecule has 2 heterocycles. The average Bonchev–Trinajstić information content (AvgIpc) is 2.96. The molecule has 1 aliphatic heterocycles. The van der Waals surface area contributed by atoms with Gasteiger partial charge in [-0.15, -0.1) is 0 Å². The van der Waals surface area contributed by atoms with Crippen molar-refractivity contribution in [3.05, 3.63) is 89.7 Å². The molecular weight excluding hydrogens is 546 g/mol. The maximum atomic E-state index is 13.4. The van der Waals surface area contributed by atoms with Crippen LogP contribution in [0.5, 0.6) is 0 Å². The summed E-state index contributed by atoms with van der Waals surface area (Å²) in [5.74, 6) is -1.64. The molecule has 0 bridgehead atoms. The molecule has 1 aliphatic rings. The minimum absolute atomic E-state index is 0.0959. The Hall–Kier alpha value is -4.73. The molecule has 43 heavy (non-hydrogen) atoms. The first-order valence-electron chi connectivity index (χ1n) is 14.4. The van der Waals surface area contributed by atoms with E-state index in [1.807, 2.05) is 56.0 Å². The summed E-state index contributed by atoms with van der Waals surface area (Å²) in [5, 5.41) is 15.2. The van der Waals surface area contributed by atoms with E-state index in [9.17, 15) is 24.3 Å². The number of carbonyl (C=O) groups excluding carboxylic acids is 3. The number of piperazine rings is 1. The first-order valence-corrected chi connectivity index (χ1v) is 14.4. The van der Waals surface area contributed by atoms with E-state index in [0.29, 0.717) is 43.9 Å². The molecule has 3 N–H and O–H groups in total. The molecule has 10 heteroatoms. The minimum Gasteiger partial charge on any atom is -0.481 e. The second kappa shape index (κ2) is 14.0. The Kier molecular flexibility index (Phi) is 10.1. The zero-order chi connectivity index (χ0) is 31.0. The van der Waals surface area contributed by atoms with Gasteiger partial charge in [0.15, 0.2) is 0 Å². The second-order valence-corrected chi connectivity index (χ2v) is 12.0. The van der Waals surface area contributed by atoms with Crippen molar-refractivity contribution < 1.29 is 24.3 Å². The van der Waals surface area contributed by atoms with Gasteiger partial charge in [0.2, 0.25) is 11.8 Å². The lowest BCUT2D eigenvalue weighted by atomic mass is 9.91. The first-order chi connectivity index (χ1) is 20.5. The molecule has 0 aliphatic carbocycles. The van der Waals surface area contributed by atoms with Gasteiger partial charge in [-0.25, -0.2) is 0 Å². The molecule has 1 aromatic heterocycles. The number of amides is 3. The van der Waals surface area contributed by atoms with Crippen LogP contribution in [0.15, 0.2) is 73.1 Å². The van der Waals surface area contributed by atoms with Crippen LogP contribution in [0, 0.1) is 5.41 Å². The average molecular weight is 586 g/mol. The van der Waals surface area contributed by atoms with Gasteiger partial charge in [-0.3, -0.25) is 24.2 Å². The van der Waals surface area contributed by atoms with E-state index < -0.39 is 17.9 Å². The van der Waals surface area contributed by atoms with Crippen molar-refractivity contribution in [1.29, 1.82) is 0 Å². The molecule has 1 atom stereocenters. The summed E-state index contributed by atoms with van der Waals surface area (Å²) >= 11 is 0. The van der Waals surface area contributed by atoms with Crippen molar-refractivity contribution >= 4 is 35.1 Å². The molecule has 226 valence electrons. The van der Waals surface area contributed by atoms with E-state index >= 15 is 0 Å². The normalized spacial score (nSPS) is 14.1. The summed E-state index contributed by atoms with van der Waals surface area (Å²) in [4.78, 5) is 58.8. The van der Waals surface area contributed by atoms with Gasteiger partial charge in [0.1, 0.15) is 0 Å². The smallest absolute Gasteiger partial charge is 0.305 e. The number of hydrogen-bond donors (Lipinski definition) is 3. The van der Waals surface area contributed by atoms with Crippen LogP contribution in [0.25, 0.3) is 0 Å². The van der Waals surface area contributed by atoms with E-state index in [4.69, 9.17) is 0 Å². The highest BCUT2D eigenvalue weighted by Gasteiger charge is 2.27. The van der Waals surface area contributed by atoms with Gasteiger partial charge in [0.25, 0.3) is 5.91 Å². The zero-order valence-corrected chi connectivity index (χ0v) is 24.9. The number of anilines is 2. The van der Waals surface area contributed by atoms with Gasteiger partial charge in [0.05, 0.1) is 30.3 Å². The molecule has 4 rings (SSSR count). The van der Waals surface area contributed by atoms with Crippen molar-refractivity contribution in [2.24, 2.45) is 5.41 Å². The molecule has 2 aromatic carbocycles. The number of aliphatic carboxylic acids is 1. The van der Waals surface area contributed by atoms with E-state index in [2.05, 4.69) is 20.5 Å². The maximum absolute atomic E-state index is 13.4. The van der Waals surface area contributed by atoms with Crippen molar-refractivity contribution in [1.82, 2.24) is 15.2 Å². The zero-order valence-electron chi connectivity index (χ0n) is 24.9. The van der Waals surface area contributed by atoms with Gasteiger partial charge in [-0.1, -0.05) is 57.2 Å². The van der Waals surface area contributed by atoms with Gasteiger partial charge >= 0.3 is 5.97 Å². The summed E-state index contributed by atoms with van der Waals surface area (Å²) in [6, 6.07) is 17.1. The second-order valence-electron chi connectivity index (χ2n) is 12.0. The van der Waals surface area contributed by atoms with Crippen LogP contribution >= 0.6 is 0 Å². The third kappa shape index (κ3) is 9.13. The van der Waals surface area contributed by atoms with Crippen LogP contribution in [0.1, 0.15) is 61.1 Å². The Morgan fingerprint density at radius 3 is 2.30 bits per heavy atom. The lowest BCUT2D eigenvalue weighted by Gasteiger charge is -2.38. The van der Waals surface area contributed by atoms with E-state index in [1.54, 1.807) is 36.5 Å². The number of benzene rings is 2. The minimum atomic E-state index is -1.06. The number of carboxylic acids is 1. The van der Waals surface area contributed by atoms with Crippen molar-refractivity contribution in [3.63, 3.8) is 0 Å². The molecule has 10 nitrogen and oxygen atoms in total. The molecule has 1 saturated heterocycles. The lowest BCUT2D eigenvalue weighted by molar-refractivity contribution is -0.137. The Morgan fingerprint density at radius 2 is 1.67 bits per heavy atom. The van der Waals surface area contributed by atoms with Crippen molar-refractivity contribution in [2.75, 3.05) is 36.4 Å². The summed E-state index contributed by atoms with van der Waals surface area (Å²) < 4.78 is 0. The number of rotatable bonds is 10. The quantitative estimate of drug-likeness (QED) is 0.323. The maximum Gasteiger partial charge on any atom is 0.305 e. The molecule has 1 unspecified atom stereocenters. The van der Waals surface area contributed by atoms with Crippen LogP contribution < -0.4 is 15.5 Å². The third-order valence-corrected chi connectivity index (χ3v) is 7.17. The van der Waals surface area contributed by atoms with E-state index in [-0.39, 0.29) is 35.6 Å². The Bertz CT molecular complexity index is 1430. The molecular formula is C33H39N5O5. The SMILES string of the molecule is CC(C)(C)CC(=O)N1CCN(c2ccc(C(=O)NC(CC(=O)O)c3cccnc3)cc2NC(=O)Cc2ccccc2)CC1. The number of hydrogen-bond acceptors (Lipinski definition) is 6.